The molecule has 0 bridgehead atoms. The molecule has 1 atom stereocenters. The molecule has 3 heterocycles. The zero-order valence-corrected chi connectivity index (χ0v) is 18.5. The molecule has 170 valence electrons. The minimum atomic E-state index is -0.208. The predicted molar refractivity (Wildman–Crippen MR) is 123 cm³/mol. The monoisotopic (exact) mass is 446 g/mol. The van der Waals surface area contributed by atoms with Crippen LogP contribution in [0.1, 0.15) is 47.1 Å². The molecule has 1 spiro atoms. The van der Waals surface area contributed by atoms with Crippen LogP contribution in [0, 0.1) is 11.3 Å². The van der Waals surface area contributed by atoms with Crippen molar-refractivity contribution in [2.24, 2.45) is 11.3 Å². The molecule has 1 unspecified atom stereocenters. The minimum Gasteiger partial charge on any atom is -0.449 e. The van der Waals surface area contributed by atoms with Crippen molar-refractivity contribution < 1.29 is 18.8 Å². The minimum absolute atomic E-state index is 0.0121. The third kappa shape index (κ3) is 4.33. The van der Waals surface area contributed by atoms with E-state index in [1.165, 1.54) is 6.92 Å². The molecule has 1 saturated carbocycles. The lowest BCUT2D eigenvalue weighted by Crippen LogP contribution is -2.40. The van der Waals surface area contributed by atoms with E-state index in [1.54, 1.807) is 42.7 Å². The molecule has 1 saturated heterocycles. The number of piperidine rings is 1. The average Bonchev–Trinajstić information content (AvgIpc) is 3.28. The summed E-state index contributed by atoms with van der Waals surface area (Å²) in [6.07, 6.45) is 6.21. The maximum absolute atomic E-state index is 12.9. The highest BCUT2D eigenvalue weighted by Gasteiger charge is 2.54. The third-order valence-corrected chi connectivity index (χ3v) is 6.89. The highest BCUT2D eigenvalue weighted by molar-refractivity contribution is 5.97. The Morgan fingerprint density at radius 1 is 1.18 bits per heavy atom. The number of hydrogen-bond acceptors (Lipinski definition) is 5. The second-order valence-corrected chi connectivity index (χ2v) is 9.05. The van der Waals surface area contributed by atoms with E-state index in [1.807, 2.05) is 11.0 Å². The number of carbonyl (C=O) groups is 3. The van der Waals surface area contributed by atoms with Gasteiger partial charge in [-0.05, 0) is 60.9 Å². The number of fused-ring (bicyclic) bond motifs is 1. The van der Waals surface area contributed by atoms with Crippen molar-refractivity contribution >= 4 is 34.4 Å². The number of amides is 3. The molecular formula is C25H26N4O4. The van der Waals surface area contributed by atoms with Crippen molar-refractivity contribution in [2.45, 2.75) is 26.2 Å². The van der Waals surface area contributed by atoms with Crippen LogP contribution in [0.3, 0.4) is 0 Å². The number of aromatic nitrogens is 1. The molecular weight excluding hydrogens is 420 g/mol. The number of furan rings is 1. The SMILES string of the molecule is CC(=O)Nc1cccc(C(=O)N2CCC3(CC2)CC3CNC(=O)c2cc3ccncc3o2)c1. The van der Waals surface area contributed by atoms with E-state index < -0.39 is 0 Å². The number of benzene rings is 1. The highest BCUT2D eigenvalue weighted by Crippen LogP contribution is 2.59. The van der Waals surface area contributed by atoms with Crippen molar-refractivity contribution in [3.8, 4) is 0 Å². The maximum atomic E-state index is 12.9. The molecule has 1 aliphatic carbocycles. The molecule has 1 aromatic carbocycles. The number of pyridine rings is 1. The van der Waals surface area contributed by atoms with E-state index in [0.717, 1.165) is 24.6 Å². The molecule has 33 heavy (non-hydrogen) atoms. The molecule has 8 heteroatoms. The summed E-state index contributed by atoms with van der Waals surface area (Å²) >= 11 is 0. The van der Waals surface area contributed by atoms with Crippen LogP contribution in [-0.4, -0.2) is 47.2 Å². The van der Waals surface area contributed by atoms with Crippen LogP contribution in [0.4, 0.5) is 5.69 Å². The van der Waals surface area contributed by atoms with Crippen LogP contribution >= 0.6 is 0 Å². The van der Waals surface area contributed by atoms with Gasteiger partial charge in [0.25, 0.3) is 11.8 Å². The van der Waals surface area contributed by atoms with Crippen LogP contribution in [0.2, 0.25) is 0 Å². The summed E-state index contributed by atoms with van der Waals surface area (Å²) in [5, 5.41) is 6.59. The van der Waals surface area contributed by atoms with E-state index in [0.29, 0.717) is 48.1 Å². The van der Waals surface area contributed by atoms with Gasteiger partial charge in [0.1, 0.15) is 0 Å². The van der Waals surface area contributed by atoms with Gasteiger partial charge in [-0.1, -0.05) is 6.07 Å². The van der Waals surface area contributed by atoms with Gasteiger partial charge >= 0.3 is 0 Å². The third-order valence-electron chi connectivity index (χ3n) is 6.89. The number of hydrogen-bond donors (Lipinski definition) is 2. The Bertz CT molecular complexity index is 1190. The van der Waals surface area contributed by atoms with Gasteiger partial charge in [0.15, 0.2) is 11.3 Å². The standard InChI is InChI=1S/C25H26N4O4/c1-16(30)28-20-4-2-3-18(11-20)24(32)29-9-6-25(7-10-29)13-19(25)14-27-23(31)21-12-17-5-8-26-15-22(17)33-21/h2-5,8,11-12,15,19H,6-7,9-10,13-14H2,1H3,(H,27,31)(H,28,30). The Morgan fingerprint density at radius 3 is 2.76 bits per heavy atom. The lowest BCUT2D eigenvalue weighted by molar-refractivity contribution is -0.114. The second-order valence-electron chi connectivity index (χ2n) is 9.05. The van der Waals surface area contributed by atoms with E-state index in [2.05, 4.69) is 15.6 Å². The molecule has 1 aliphatic heterocycles. The number of anilines is 1. The number of nitrogens with one attached hydrogen (secondary N) is 2. The Labute approximate surface area is 191 Å². The Morgan fingerprint density at radius 2 is 2.00 bits per heavy atom. The topological polar surface area (TPSA) is 105 Å². The summed E-state index contributed by atoms with van der Waals surface area (Å²) in [4.78, 5) is 42.6. The molecule has 3 amide bonds. The first-order chi connectivity index (χ1) is 15.9. The molecule has 0 radical (unpaired) electrons. The van der Waals surface area contributed by atoms with E-state index in [-0.39, 0.29) is 23.1 Å². The van der Waals surface area contributed by atoms with Gasteiger partial charge in [-0.2, -0.15) is 0 Å². The zero-order valence-electron chi connectivity index (χ0n) is 18.5. The predicted octanol–water partition coefficient (Wildman–Crippen LogP) is 3.46. The number of carbonyl (C=O) groups excluding carboxylic acids is 3. The van der Waals surface area contributed by atoms with Crippen molar-refractivity contribution in [1.29, 1.82) is 0 Å². The van der Waals surface area contributed by atoms with Crippen LogP contribution in [0.15, 0.2) is 53.2 Å². The van der Waals surface area contributed by atoms with Crippen molar-refractivity contribution in [2.75, 3.05) is 25.0 Å². The molecule has 5 rings (SSSR count). The summed E-state index contributed by atoms with van der Waals surface area (Å²) in [5.74, 6) is 0.341. The molecule has 2 aliphatic rings. The van der Waals surface area contributed by atoms with Crippen LogP contribution in [-0.2, 0) is 4.79 Å². The normalized spacial score (nSPS) is 18.8. The largest absolute Gasteiger partial charge is 0.449 e. The van der Waals surface area contributed by atoms with Crippen LogP contribution in [0.5, 0.6) is 0 Å². The Balaban J connectivity index is 1.13. The first kappa shape index (κ1) is 21.2. The zero-order chi connectivity index (χ0) is 23.0. The van der Waals surface area contributed by atoms with Gasteiger partial charge in [0, 0.05) is 49.4 Å². The summed E-state index contributed by atoms with van der Waals surface area (Å²) in [7, 11) is 0. The van der Waals surface area contributed by atoms with E-state index in [9.17, 15) is 14.4 Å². The second kappa shape index (κ2) is 8.35. The van der Waals surface area contributed by atoms with Crippen LogP contribution in [0.25, 0.3) is 11.0 Å². The summed E-state index contributed by atoms with van der Waals surface area (Å²) in [6, 6.07) is 10.6. The fraction of sp³-hybridized carbons (Fsp3) is 0.360. The van der Waals surface area contributed by atoms with Gasteiger partial charge in [-0.15, -0.1) is 0 Å². The summed E-state index contributed by atoms with van der Waals surface area (Å²) in [6.45, 7) is 3.45. The fourth-order valence-electron chi connectivity index (χ4n) is 4.90. The van der Waals surface area contributed by atoms with E-state index >= 15 is 0 Å². The molecule has 2 N–H and O–H groups in total. The fourth-order valence-corrected chi connectivity index (χ4v) is 4.90. The molecule has 2 fully saturated rings. The summed E-state index contributed by atoms with van der Waals surface area (Å²) < 4.78 is 5.59. The Kier molecular flexibility index (Phi) is 5.36. The van der Waals surface area contributed by atoms with Gasteiger partial charge in [-0.25, -0.2) is 0 Å². The molecule has 3 aromatic rings. The number of rotatable bonds is 5. The highest BCUT2D eigenvalue weighted by atomic mass is 16.3. The lowest BCUT2D eigenvalue weighted by atomic mass is 9.90. The van der Waals surface area contributed by atoms with Crippen LogP contribution < -0.4 is 10.6 Å². The van der Waals surface area contributed by atoms with Gasteiger partial charge in [0.05, 0.1) is 6.20 Å². The van der Waals surface area contributed by atoms with E-state index in [4.69, 9.17) is 4.42 Å². The molecule has 8 nitrogen and oxygen atoms in total. The van der Waals surface area contributed by atoms with Crippen molar-refractivity contribution in [3.05, 3.63) is 60.1 Å². The average molecular weight is 447 g/mol. The Hall–Kier alpha value is -3.68. The number of nitrogens with zero attached hydrogens (tertiary/aromatic N) is 2. The maximum Gasteiger partial charge on any atom is 0.287 e. The quantitative estimate of drug-likeness (QED) is 0.625. The molecule has 2 aromatic heterocycles. The van der Waals surface area contributed by atoms with Gasteiger partial charge in [0.2, 0.25) is 5.91 Å². The first-order valence-corrected chi connectivity index (χ1v) is 11.2. The first-order valence-electron chi connectivity index (χ1n) is 11.2. The number of likely N-dealkylation sites (tertiary alicyclic amines) is 1. The van der Waals surface area contributed by atoms with Crippen molar-refractivity contribution in [1.82, 2.24) is 15.2 Å². The smallest absolute Gasteiger partial charge is 0.287 e. The summed E-state index contributed by atoms with van der Waals surface area (Å²) in [5.41, 5.74) is 2.02. The lowest BCUT2D eigenvalue weighted by Gasteiger charge is -2.33. The van der Waals surface area contributed by atoms with Gasteiger partial charge in [-0.3, -0.25) is 19.4 Å². The van der Waals surface area contributed by atoms with Crippen molar-refractivity contribution in [3.63, 3.8) is 0 Å². The van der Waals surface area contributed by atoms with Gasteiger partial charge < -0.3 is 20.0 Å².